The molecular weight excluding hydrogens is 420 g/mol. The largest absolute Gasteiger partial charge is 0.488 e. The topological polar surface area (TPSA) is 75.2 Å². The van der Waals surface area contributed by atoms with Crippen molar-refractivity contribution in [3.05, 3.63) is 101 Å². The van der Waals surface area contributed by atoms with Crippen LogP contribution in [-0.4, -0.2) is 12.0 Å². The van der Waals surface area contributed by atoms with Crippen LogP contribution >= 0.6 is 11.6 Å². The fourth-order valence-corrected chi connectivity index (χ4v) is 3.45. The van der Waals surface area contributed by atoms with Crippen LogP contribution in [0.25, 0.3) is 11.3 Å². The first-order valence-electron chi connectivity index (χ1n) is 10.0. The Morgan fingerprint density at radius 2 is 1.69 bits per heavy atom. The van der Waals surface area contributed by atoms with Crippen molar-refractivity contribution in [2.45, 2.75) is 6.61 Å². The van der Waals surface area contributed by atoms with Crippen LogP contribution in [0.1, 0.15) is 11.1 Å². The van der Waals surface area contributed by atoms with E-state index in [0.717, 1.165) is 22.5 Å². The molecule has 3 aromatic carbocycles. The molecule has 32 heavy (non-hydrogen) atoms. The first-order valence-corrected chi connectivity index (χ1v) is 10.4. The van der Waals surface area contributed by atoms with Gasteiger partial charge in [-0.2, -0.15) is 5.26 Å². The molecule has 1 aromatic heterocycles. The van der Waals surface area contributed by atoms with Crippen LogP contribution in [0, 0.1) is 11.3 Å². The predicted octanol–water partition coefficient (Wildman–Crippen LogP) is 6.20. The lowest BCUT2D eigenvalue weighted by Gasteiger charge is -2.22. The fourth-order valence-electron chi connectivity index (χ4n) is 3.32. The summed E-state index contributed by atoms with van der Waals surface area (Å²) < 4.78 is 6.15. The van der Waals surface area contributed by atoms with Crippen LogP contribution in [0.15, 0.2) is 84.9 Å². The molecule has 0 saturated heterocycles. The van der Waals surface area contributed by atoms with Crippen molar-refractivity contribution in [3.8, 4) is 23.1 Å². The van der Waals surface area contributed by atoms with Gasteiger partial charge in [-0.05, 0) is 60.2 Å². The standard InChI is InChI=1S/C26H21ClN4O/c1-31(21-10-8-20(27)9-11-21)22-12-14-25(32-17-18-5-3-2-4-6-18)23(15-22)24-13-7-19(16-28)26(29)30-24/h2-15H,17H2,1H3,(H2,29,30). The summed E-state index contributed by atoms with van der Waals surface area (Å²) in [4.78, 5) is 6.50. The van der Waals surface area contributed by atoms with Crippen molar-refractivity contribution >= 4 is 28.8 Å². The number of anilines is 3. The van der Waals surface area contributed by atoms with Gasteiger partial charge in [0.25, 0.3) is 0 Å². The van der Waals surface area contributed by atoms with Crippen LogP contribution in [-0.2, 0) is 6.61 Å². The number of halogens is 1. The summed E-state index contributed by atoms with van der Waals surface area (Å²) >= 11 is 6.04. The van der Waals surface area contributed by atoms with Gasteiger partial charge in [0.15, 0.2) is 0 Å². The number of nitrogens with two attached hydrogens (primary N) is 1. The van der Waals surface area contributed by atoms with Crippen LogP contribution in [0.5, 0.6) is 5.75 Å². The maximum atomic E-state index is 9.20. The van der Waals surface area contributed by atoms with E-state index in [1.807, 2.05) is 84.7 Å². The lowest BCUT2D eigenvalue weighted by molar-refractivity contribution is 0.307. The summed E-state index contributed by atoms with van der Waals surface area (Å²) in [7, 11) is 1.98. The highest BCUT2D eigenvalue weighted by atomic mass is 35.5. The van der Waals surface area contributed by atoms with Crippen molar-refractivity contribution in [1.82, 2.24) is 4.98 Å². The SMILES string of the molecule is CN(c1ccc(Cl)cc1)c1ccc(OCc2ccccc2)c(-c2ccc(C#N)c(N)n2)c1. The lowest BCUT2D eigenvalue weighted by atomic mass is 10.1. The molecule has 0 fully saturated rings. The van der Waals surface area contributed by atoms with E-state index in [2.05, 4.69) is 11.1 Å². The molecule has 0 radical (unpaired) electrons. The smallest absolute Gasteiger partial charge is 0.142 e. The van der Waals surface area contributed by atoms with Crippen molar-refractivity contribution in [3.63, 3.8) is 0 Å². The van der Waals surface area contributed by atoms with E-state index in [0.29, 0.717) is 28.6 Å². The average molecular weight is 441 g/mol. The summed E-state index contributed by atoms with van der Waals surface area (Å²) in [5.41, 5.74) is 10.8. The zero-order valence-electron chi connectivity index (χ0n) is 17.5. The Labute approximate surface area is 192 Å². The third-order valence-corrected chi connectivity index (χ3v) is 5.37. The number of hydrogen-bond donors (Lipinski definition) is 1. The second-order valence-electron chi connectivity index (χ2n) is 7.23. The number of aromatic nitrogens is 1. The normalized spacial score (nSPS) is 10.4. The minimum absolute atomic E-state index is 0.190. The Balaban J connectivity index is 1.73. The summed E-state index contributed by atoms with van der Waals surface area (Å²) in [5.74, 6) is 0.870. The Morgan fingerprint density at radius 3 is 2.38 bits per heavy atom. The average Bonchev–Trinajstić information content (AvgIpc) is 2.83. The van der Waals surface area contributed by atoms with Gasteiger partial charge in [0, 0.05) is 29.0 Å². The van der Waals surface area contributed by atoms with E-state index in [1.165, 1.54) is 0 Å². The molecule has 158 valence electrons. The molecular formula is C26H21ClN4O. The van der Waals surface area contributed by atoms with Gasteiger partial charge < -0.3 is 15.4 Å². The minimum Gasteiger partial charge on any atom is -0.488 e. The Hall–Kier alpha value is -4.01. The molecule has 0 spiro atoms. The van der Waals surface area contributed by atoms with E-state index >= 15 is 0 Å². The third kappa shape index (κ3) is 4.66. The number of nitrogen functional groups attached to an aromatic ring is 1. The zero-order valence-corrected chi connectivity index (χ0v) is 18.3. The van der Waals surface area contributed by atoms with Gasteiger partial charge in [-0.3, -0.25) is 0 Å². The van der Waals surface area contributed by atoms with E-state index in [-0.39, 0.29) is 5.82 Å². The molecule has 0 aliphatic heterocycles. The van der Waals surface area contributed by atoms with Crippen molar-refractivity contribution < 1.29 is 4.74 Å². The van der Waals surface area contributed by atoms with E-state index < -0.39 is 0 Å². The highest BCUT2D eigenvalue weighted by Gasteiger charge is 2.14. The Bertz CT molecular complexity index is 1270. The van der Waals surface area contributed by atoms with Gasteiger partial charge in [0.05, 0.1) is 11.3 Å². The number of hydrogen-bond acceptors (Lipinski definition) is 5. The number of nitriles is 1. The summed E-state index contributed by atoms with van der Waals surface area (Å²) in [5, 5.41) is 9.88. The molecule has 1 heterocycles. The molecule has 6 heteroatoms. The first-order chi connectivity index (χ1) is 15.5. The third-order valence-electron chi connectivity index (χ3n) is 5.12. The van der Waals surface area contributed by atoms with Crippen molar-refractivity contribution in [2.75, 3.05) is 17.7 Å². The predicted molar refractivity (Wildman–Crippen MR) is 129 cm³/mol. The fraction of sp³-hybridized carbons (Fsp3) is 0.0769. The minimum atomic E-state index is 0.190. The first kappa shape index (κ1) is 21.2. The van der Waals surface area contributed by atoms with Crippen LogP contribution in [0.2, 0.25) is 5.02 Å². The molecule has 0 atom stereocenters. The number of benzene rings is 3. The van der Waals surface area contributed by atoms with E-state index in [4.69, 9.17) is 22.1 Å². The number of ether oxygens (including phenoxy) is 1. The van der Waals surface area contributed by atoms with Crippen LogP contribution < -0.4 is 15.4 Å². The molecule has 0 unspecified atom stereocenters. The molecule has 0 aliphatic rings. The van der Waals surface area contributed by atoms with Gasteiger partial charge in [0.2, 0.25) is 0 Å². The van der Waals surface area contributed by atoms with Gasteiger partial charge >= 0.3 is 0 Å². The van der Waals surface area contributed by atoms with Crippen molar-refractivity contribution in [1.29, 1.82) is 5.26 Å². The van der Waals surface area contributed by atoms with Crippen LogP contribution in [0.3, 0.4) is 0 Å². The molecule has 5 nitrogen and oxygen atoms in total. The number of nitrogens with zero attached hydrogens (tertiary/aromatic N) is 3. The molecule has 2 N–H and O–H groups in total. The van der Waals surface area contributed by atoms with Gasteiger partial charge in [0.1, 0.15) is 24.2 Å². The number of rotatable bonds is 6. The highest BCUT2D eigenvalue weighted by molar-refractivity contribution is 6.30. The maximum absolute atomic E-state index is 9.20. The lowest BCUT2D eigenvalue weighted by Crippen LogP contribution is -2.10. The van der Waals surface area contributed by atoms with Crippen LogP contribution in [0.4, 0.5) is 17.2 Å². The highest BCUT2D eigenvalue weighted by Crippen LogP contribution is 2.36. The zero-order chi connectivity index (χ0) is 22.5. The van der Waals surface area contributed by atoms with E-state index in [9.17, 15) is 5.26 Å². The monoisotopic (exact) mass is 440 g/mol. The second kappa shape index (κ2) is 9.42. The molecule has 4 aromatic rings. The summed E-state index contributed by atoms with van der Waals surface area (Å²) in [6.07, 6.45) is 0. The van der Waals surface area contributed by atoms with Gasteiger partial charge in [-0.1, -0.05) is 41.9 Å². The summed E-state index contributed by atoms with van der Waals surface area (Å²) in [6.45, 7) is 0.423. The molecule has 0 aliphatic carbocycles. The Kier molecular flexibility index (Phi) is 6.25. The van der Waals surface area contributed by atoms with Crippen molar-refractivity contribution in [2.24, 2.45) is 0 Å². The Morgan fingerprint density at radius 1 is 0.969 bits per heavy atom. The van der Waals surface area contributed by atoms with Gasteiger partial charge in [-0.25, -0.2) is 4.98 Å². The molecule has 0 amide bonds. The maximum Gasteiger partial charge on any atom is 0.142 e. The van der Waals surface area contributed by atoms with E-state index in [1.54, 1.807) is 12.1 Å². The molecule has 0 bridgehead atoms. The second-order valence-corrected chi connectivity index (χ2v) is 7.67. The molecule has 4 rings (SSSR count). The molecule has 0 saturated carbocycles. The van der Waals surface area contributed by atoms with Gasteiger partial charge in [-0.15, -0.1) is 0 Å². The summed E-state index contributed by atoms with van der Waals surface area (Å²) in [6, 6.07) is 29.0. The quantitative estimate of drug-likeness (QED) is 0.386. The number of pyridine rings is 1.